The number of nitrogens with one attached hydrogen (secondary N) is 1. The lowest BCUT2D eigenvalue weighted by Gasteiger charge is -2.26. The molecule has 0 radical (unpaired) electrons. The third-order valence-corrected chi connectivity index (χ3v) is 7.03. The van der Waals surface area contributed by atoms with Gasteiger partial charge >= 0.3 is 6.03 Å². The van der Waals surface area contributed by atoms with Crippen LogP contribution in [0.1, 0.15) is 30.9 Å². The number of urea groups is 1. The summed E-state index contributed by atoms with van der Waals surface area (Å²) in [4.78, 5) is 39.5. The van der Waals surface area contributed by atoms with Gasteiger partial charge in [-0.2, -0.15) is 0 Å². The van der Waals surface area contributed by atoms with Crippen LogP contribution in [0.15, 0.2) is 66.2 Å². The number of benzene rings is 3. The van der Waals surface area contributed by atoms with E-state index >= 15 is 0 Å². The molecule has 0 unspecified atom stereocenters. The van der Waals surface area contributed by atoms with Crippen LogP contribution in [0.2, 0.25) is 5.02 Å². The second-order valence-electron chi connectivity index (χ2n) is 8.57. The Morgan fingerprint density at radius 3 is 2.46 bits per heavy atom. The van der Waals surface area contributed by atoms with Crippen molar-refractivity contribution in [2.45, 2.75) is 26.4 Å². The summed E-state index contributed by atoms with van der Waals surface area (Å²) in [6.45, 7) is 2.88. The number of halogens is 2. The molecular weight excluding hydrogens is 635 g/mol. The predicted octanol–water partition coefficient (Wildman–Crippen LogP) is 6.38. The average molecular weight is 661 g/mol. The Kier molecular flexibility index (Phi) is 9.47. The fourth-order valence-electron chi connectivity index (χ4n) is 3.81. The molecule has 0 spiro atoms. The minimum absolute atomic E-state index is 0.194. The Hall–Kier alpha value is -3.57. The summed E-state index contributed by atoms with van der Waals surface area (Å²) in [6.07, 6.45) is 3.35. The minimum Gasteiger partial charge on any atom is -0.494 e. The van der Waals surface area contributed by atoms with E-state index in [1.807, 2.05) is 18.2 Å². The van der Waals surface area contributed by atoms with E-state index in [0.717, 1.165) is 23.3 Å². The van der Waals surface area contributed by atoms with Crippen molar-refractivity contribution in [3.05, 3.63) is 86.0 Å². The number of methoxy groups -OCH3 is 1. The maximum Gasteiger partial charge on any atom is 0.335 e. The highest BCUT2D eigenvalue weighted by atomic mass is 127. The molecule has 1 N–H and O–H groups in total. The number of unbranched alkanes of at least 4 members (excludes halogenated alkanes) is 1. The van der Waals surface area contributed by atoms with Gasteiger partial charge in [-0.05, 0) is 83.1 Å². The second-order valence-corrected chi connectivity index (χ2v) is 10.1. The van der Waals surface area contributed by atoms with Crippen molar-refractivity contribution in [1.29, 1.82) is 0 Å². The van der Waals surface area contributed by atoms with E-state index in [0.29, 0.717) is 43.7 Å². The zero-order valence-corrected chi connectivity index (χ0v) is 24.2. The topological polar surface area (TPSA) is 94.2 Å². The Labute approximate surface area is 245 Å². The molecule has 4 rings (SSSR count). The smallest absolute Gasteiger partial charge is 0.335 e. The number of hydrogen-bond acceptors (Lipinski definition) is 6. The maximum absolute atomic E-state index is 13.3. The van der Waals surface area contributed by atoms with Gasteiger partial charge in [-0.1, -0.05) is 43.1 Å². The molecule has 0 saturated carbocycles. The summed E-state index contributed by atoms with van der Waals surface area (Å²) in [5.41, 5.74) is 1.46. The summed E-state index contributed by atoms with van der Waals surface area (Å²) in [5, 5.41) is 2.83. The lowest BCUT2D eigenvalue weighted by molar-refractivity contribution is -0.122. The van der Waals surface area contributed by atoms with Crippen LogP contribution in [0.5, 0.6) is 17.2 Å². The Bertz CT molecular complexity index is 1420. The monoisotopic (exact) mass is 660 g/mol. The number of imide groups is 2. The van der Waals surface area contributed by atoms with Crippen molar-refractivity contribution in [2.75, 3.05) is 18.6 Å². The quantitative estimate of drug-likeness (QED) is 0.118. The van der Waals surface area contributed by atoms with Gasteiger partial charge in [0.2, 0.25) is 0 Å². The number of hydrogen-bond donors (Lipinski definition) is 1. The van der Waals surface area contributed by atoms with Crippen molar-refractivity contribution in [3.8, 4) is 17.2 Å². The van der Waals surface area contributed by atoms with Gasteiger partial charge in [-0.15, -0.1) is 0 Å². The molecule has 1 fully saturated rings. The number of barbiturate groups is 1. The molecule has 0 aromatic heterocycles. The fraction of sp³-hybridized carbons (Fsp3) is 0.207. The molecule has 0 aliphatic carbocycles. The SMILES string of the molecule is CCCCOc1ccc(N2C(=O)NC(=O)/C(=C/c3cc(I)c(OCc4ccccc4Cl)c(OC)c3)C2=O)cc1. The number of carbonyl (C=O) groups is 3. The molecule has 202 valence electrons. The van der Waals surface area contributed by atoms with Crippen molar-refractivity contribution in [3.63, 3.8) is 0 Å². The fourth-order valence-corrected chi connectivity index (χ4v) is 4.78. The zero-order chi connectivity index (χ0) is 27.9. The van der Waals surface area contributed by atoms with E-state index in [9.17, 15) is 14.4 Å². The second kappa shape index (κ2) is 13.0. The Balaban J connectivity index is 1.58. The van der Waals surface area contributed by atoms with E-state index in [1.165, 1.54) is 13.2 Å². The van der Waals surface area contributed by atoms with Crippen molar-refractivity contribution in [2.24, 2.45) is 0 Å². The number of rotatable bonds is 10. The van der Waals surface area contributed by atoms with Gasteiger partial charge in [-0.3, -0.25) is 14.9 Å². The zero-order valence-electron chi connectivity index (χ0n) is 21.3. The maximum atomic E-state index is 13.3. The molecule has 1 aliphatic heterocycles. The van der Waals surface area contributed by atoms with Crippen LogP contribution >= 0.6 is 34.2 Å². The van der Waals surface area contributed by atoms with E-state index < -0.39 is 17.8 Å². The van der Waals surface area contributed by atoms with E-state index in [4.69, 9.17) is 25.8 Å². The summed E-state index contributed by atoms with van der Waals surface area (Å²) >= 11 is 8.33. The summed E-state index contributed by atoms with van der Waals surface area (Å²) in [6, 6.07) is 16.5. The summed E-state index contributed by atoms with van der Waals surface area (Å²) in [7, 11) is 1.50. The highest BCUT2D eigenvalue weighted by molar-refractivity contribution is 14.1. The van der Waals surface area contributed by atoms with Gasteiger partial charge in [0.15, 0.2) is 11.5 Å². The molecule has 39 heavy (non-hydrogen) atoms. The molecule has 0 atom stereocenters. The first kappa shape index (κ1) is 28.4. The lowest BCUT2D eigenvalue weighted by atomic mass is 10.1. The molecule has 1 aliphatic rings. The molecule has 4 amide bonds. The van der Waals surface area contributed by atoms with E-state index in [1.54, 1.807) is 42.5 Å². The van der Waals surface area contributed by atoms with Gasteiger partial charge < -0.3 is 14.2 Å². The number of amides is 4. The third-order valence-electron chi connectivity index (χ3n) is 5.86. The van der Waals surface area contributed by atoms with Crippen molar-refractivity contribution >= 4 is 63.8 Å². The standard InChI is InChI=1S/C29H26ClIN2O6/c1-3-4-13-38-21-11-9-20(10-12-21)33-28(35)22(27(34)32-29(33)36)14-18-15-24(31)26(25(16-18)37-2)39-17-19-7-5-6-8-23(19)30/h5-12,14-16H,3-4,13,17H2,1-2H3,(H,32,34,36)/b22-14-. The first-order valence-corrected chi connectivity index (χ1v) is 13.7. The molecule has 1 heterocycles. The van der Waals surface area contributed by atoms with Crippen LogP contribution < -0.4 is 24.4 Å². The van der Waals surface area contributed by atoms with Crippen LogP contribution in [0.3, 0.4) is 0 Å². The number of anilines is 1. The molecule has 3 aromatic rings. The van der Waals surface area contributed by atoms with Gasteiger partial charge in [0, 0.05) is 10.6 Å². The Morgan fingerprint density at radius 1 is 1.03 bits per heavy atom. The highest BCUT2D eigenvalue weighted by Gasteiger charge is 2.37. The molecule has 0 bridgehead atoms. The number of nitrogens with zero attached hydrogens (tertiary/aromatic N) is 1. The Morgan fingerprint density at radius 2 is 1.77 bits per heavy atom. The molecule has 10 heteroatoms. The third kappa shape index (κ3) is 6.72. The van der Waals surface area contributed by atoms with E-state index in [2.05, 4.69) is 34.8 Å². The van der Waals surface area contributed by atoms with Gasteiger partial charge in [0.25, 0.3) is 11.8 Å². The van der Waals surface area contributed by atoms with Gasteiger partial charge in [0.05, 0.1) is 23.0 Å². The van der Waals surface area contributed by atoms with Crippen LogP contribution in [0.4, 0.5) is 10.5 Å². The first-order valence-electron chi connectivity index (χ1n) is 12.2. The van der Waals surface area contributed by atoms with E-state index in [-0.39, 0.29) is 12.2 Å². The van der Waals surface area contributed by atoms with Gasteiger partial charge in [-0.25, -0.2) is 9.69 Å². The molecule has 3 aromatic carbocycles. The molecule has 8 nitrogen and oxygen atoms in total. The number of carbonyl (C=O) groups excluding carboxylic acids is 3. The lowest BCUT2D eigenvalue weighted by Crippen LogP contribution is -2.54. The minimum atomic E-state index is -0.822. The largest absolute Gasteiger partial charge is 0.494 e. The van der Waals surface area contributed by atoms with Crippen LogP contribution in [-0.2, 0) is 16.2 Å². The van der Waals surface area contributed by atoms with Crippen molar-refractivity contribution < 1.29 is 28.6 Å². The average Bonchev–Trinajstić information content (AvgIpc) is 2.92. The van der Waals surface area contributed by atoms with Crippen LogP contribution in [0, 0.1) is 3.57 Å². The normalized spacial score (nSPS) is 14.4. The summed E-state index contributed by atoms with van der Waals surface area (Å²) < 4.78 is 17.9. The predicted molar refractivity (Wildman–Crippen MR) is 157 cm³/mol. The molecule has 1 saturated heterocycles. The highest BCUT2D eigenvalue weighted by Crippen LogP contribution is 2.36. The molecular formula is C29H26ClIN2O6. The van der Waals surface area contributed by atoms with Crippen LogP contribution in [-0.4, -0.2) is 31.6 Å². The van der Waals surface area contributed by atoms with Crippen molar-refractivity contribution in [1.82, 2.24) is 5.32 Å². The van der Waals surface area contributed by atoms with Gasteiger partial charge in [0.1, 0.15) is 17.9 Å². The number of ether oxygens (including phenoxy) is 3. The first-order chi connectivity index (χ1) is 18.8. The summed E-state index contributed by atoms with van der Waals surface area (Å²) in [5.74, 6) is 0.0151. The van der Waals surface area contributed by atoms with Crippen LogP contribution in [0.25, 0.3) is 6.08 Å².